The average molecular weight is 462 g/mol. The number of benzene rings is 2. The molecule has 0 saturated heterocycles. The standard InChI is InChI=1S/C27H27NO6/c1-32-19-10-11-20-18(14-25(29)34-24(20)15-19)16-33-27(31)22-8-4-3-7-21(22)26(30)28-13-12-17-6-2-5-9-23(17)28/h2,5-6,9-11,14-15,21-22H,3-4,7-8,12-13,16H2,1H3. The summed E-state index contributed by atoms with van der Waals surface area (Å²) < 4.78 is 16.1. The molecule has 3 aromatic rings. The van der Waals surface area contributed by atoms with Crippen molar-refractivity contribution in [2.75, 3.05) is 18.6 Å². The van der Waals surface area contributed by atoms with Crippen LogP contribution in [0.3, 0.4) is 0 Å². The number of hydrogen-bond donors (Lipinski definition) is 0. The van der Waals surface area contributed by atoms with Gasteiger partial charge in [-0.1, -0.05) is 31.0 Å². The van der Waals surface area contributed by atoms with Gasteiger partial charge in [-0.25, -0.2) is 4.79 Å². The Hall–Kier alpha value is -3.61. The van der Waals surface area contributed by atoms with Gasteiger partial charge in [0.1, 0.15) is 17.9 Å². The summed E-state index contributed by atoms with van der Waals surface area (Å²) in [7, 11) is 1.54. The SMILES string of the molecule is COc1ccc2c(COC(=O)C3CCCCC3C(=O)N3CCc4ccccc43)cc(=O)oc2c1. The maximum absolute atomic E-state index is 13.5. The molecule has 0 spiro atoms. The van der Waals surface area contributed by atoms with E-state index in [1.807, 2.05) is 29.2 Å². The molecule has 0 radical (unpaired) electrons. The highest BCUT2D eigenvalue weighted by atomic mass is 16.5. The molecule has 2 aliphatic rings. The largest absolute Gasteiger partial charge is 0.497 e. The highest BCUT2D eigenvalue weighted by Gasteiger charge is 2.40. The summed E-state index contributed by atoms with van der Waals surface area (Å²) in [6, 6.07) is 14.4. The van der Waals surface area contributed by atoms with Gasteiger partial charge < -0.3 is 18.8 Å². The summed E-state index contributed by atoms with van der Waals surface area (Å²) in [5.41, 5.74) is 2.52. The van der Waals surface area contributed by atoms with E-state index in [2.05, 4.69) is 0 Å². The first-order valence-corrected chi connectivity index (χ1v) is 11.7. The van der Waals surface area contributed by atoms with E-state index >= 15 is 0 Å². The smallest absolute Gasteiger partial charge is 0.336 e. The number of fused-ring (bicyclic) bond motifs is 2. The molecule has 2 atom stereocenters. The Kier molecular flexibility index (Phi) is 6.09. The number of rotatable bonds is 5. The van der Waals surface area contributed by atoms with Crippen LogP contribution in [0.2, 0.25) is 0 Å². The van der Waals surface area contributed by atoms with E-state index in [9.17, 15) is 14.4 Å². The summed E-state index contributed by atoms with van der Waals surface area (Å²) in [4.78, 5) is 40.5. The third-order valence-corrected chi connectivity index (χ3v) is 6.95. The second-order valence-corrected chi connectivity index (χ2v) is 8.93. The van der Waals surface area contributed by atoms with Gasteiger partial charge in [0.05, 0.1) is 18.9 Å². The minimum Gasteiger partial charge on any atom is -0.497 e. The number of amides is 1. The van der Waals surface area contributed by atoms with Crippen LogP contribution in [0.15, 0.2) is 57.7 Å². The maximum atomic E-state index is 13.5. The monoisotopic (exact) mass is 461 g/mol. The summed E-state index contributed by atoms with van der Waals surface area (Å²) in [6.45, 7) is 0.586. The quantitative estimate of drug-likeness (QED) is 0.417. The van der Waals surface area contributed by atoms with Crippen LogP contribution in [-0.4, -0.2) is 25.5 Å². The van der Waals surface area contributed by atoms with E-state index < -0.39 is 17.5 Å². The Labute approximate surface area is 197 Å². The van der Waals surface area contributed by atoms with Gasteiger partial charge in [0.2, 0.25) is 5.91 Å². The molecule has 0 bridgehead atoms. The van der Waals surface area contributed by atoms with Gasteiger partial charge in [0.25, 0.3) is 0 Å². The fourth-order valence-corrected chi connectivity index (χ4v) is 5.19. The predicted octanol–water partition coefficient (Wildman–Crippen LogP) is 4.24. The van der Waals surface area contributed by atoms with Crippen LogP contribution in [0.5, 0.6) is 5.75 Å². The number of para-hydroxylation sites is 1. The Bertz CT molecular complexity index is 1300. The number of anilines is 1. The highest BCUT2D eigenvalue weighted by molar-refractivity contribution is 5.99. The molecule has 1 aliphatic carbocycles. The van der Waals surface area contributed by atoms with Crippen LogP contribution in [-0.2, 0) is 27.4 Å². The van der Waals surface area contributed by atoms with Crippen molar-refractivity contribution in [1.82, 2.24) is 0 Å². The molecule has 176 valence electrons. The van der Waals surface area contributed by atoms with Crippen LogP contribution in [0.1, 0.15) is 36.8 Å². The highest BCUT2D eigenvalue weighted by Crippen LogP contribution is 2.36. The van der Waals surface area contributed by atoms with E-state index in [-0.39, 0.29) is 18.5 Å². The van der Waals surface area contributed by atoms with Crippen molar-refractivity contribution >= 4 is 28.5 Å². The fourth-order valence-electron chi connectivity index (χ4n) is 5.19. The molecular weight excluding hydrogens is 434 g/mol. The summed E-state index contributed by atoms with van der Waals surface area (Å²) in [6.07, 6.45) is 3.94. The Balaban J connectivity index is 1.33. The van der Waals surface area contributed by atoms with Crippen molar-refractivity contribution in [2.45, 2.75) is 38.7 Å². The molecule has 1 saturated carbocycles. The molecule has 1 amide bonds. The van der Waals surface area contributed by atoms with Crippen LogP contribution in [0, 0.1) is 11.8 Å². The maximum Gasteiger partial charge on any atom is 0.336 e. The van der Waals surface area contributed by atoms with E-state index in [4.69, 9.17) is 13.9 Å². The molecule has 2 aromatic carbocycles. The normalized spacial score (nSPS) is 19.6. The first kappa shape index (κ1) is 22.2. The number of esters is 1. The first-order valence-electron chi connectivity index (χ1n) is 11.7. The number of hydrogen-bond acceptors (Lipinski definition) is 6. The Morgan fingerprint density at radius 3 is 2.68 bits per heavy atom. The second-order valence-electron chi connectivity index (χ2n) is 8.93. The molecule has 1 fully saturated rings. The number of carbonyl (C=O) groups excluding carboxylic acids is 2. The van der Waals surface area contributed by atoms with Gasteiger partial charge in [-0.05, 0) is 43.0 Å². The van der Waals surface area contributed by atoms with Crippen molar-refractivity contribution < 1.29 is 23.5 Å². The minimum absolute atomic E-state index is 0.00417. The molecule has 7 heteroatoms. The zero-order chi connectivity index (χ0) is 23.7. The number of methoxy groups -OCH3 is 1. The van der Waals surface area contributed by atoms with Gasteiger partial charge in [-0.15, -0.1) is 0 Å². The van der Waals surface area contributed by atoms with Crippen LogP contribution in [0.25, 0.3) is 11.0 Å². The number of ether oxygens (including phenoxy) is 2. The Morgan fingerprint density at radius 2 is 1.85 bits per heavy atom. The zero-order valence-electron chi connectivity index (χ0n) is 19.1. The Morgan fingerprint density at radius 1 is 1.06 bits per heavy atom. The van der Waals surface area contributed by atoms with E-state index in [0.717, 1.165) is 30.5 Å². The van der Waals surface area contributed by atoms with Gasteiger partial charge >= 0.3 is 11.6 Å². The number of nitrogens with zero attached hydrogens (tertiary/aromatic N) is 1. The first-order chi connectivity index (χ1) is 16.5. The molecule has 5 rings (SSSR count). The van der Waals surface area contributed by atoms with Crippen molar-refractivity contribution in [2.24, 2.45) is 11.8 Å². The van der Waals surface area contributed by atoms with Crippen molar-refractivity contribution in [3.05, 3.63) is 70.1 Å². The average Bonchev–Trinajstić information content (AvgIpc) is 3.30. The minimum atomic E-state index is -0.523. The molecule has 2 heterocycles. The number of carbonyl (C=O) groups is 2. The molecule has 0 N–H and O–H groups in total. The van der Waals surface area contributed by atoms with Crippen LogP contribution < -0.4 is 15.3 Å². The van der Waals surface area contributed by atoms with Gasteiger partial charge in [0, 0.05) is 35.3 Å². The molecule has 34 heavy (non-hydrogen) atoms. The van der Waals surface area contributed by atoms with E-state index in [1.54, 1.807) is 18.2 Å². The van der Waals surface area contributed by atoms with Gasteiger partial charge in [0.15, 0.2) is 0 Å². The van der Waals surface area contributed by atoms with Crippen molar-refractivity contribution in [1.29, 1.82) is 0 Å². The predicted molar refractivity (Wildman–Crippen MR) is 127 cm³/mol. The van der Waals surface area contributed by atoms with Crippen LogP contribution >= 0.6 is 0 Å². The van der Waals surface area contributed by atoms with Gasteiger partial charge in [-0.3, -0.25) is 9.59 Å². The van der Waals surface area contributed by atoms with Gasteiger partial charge in [-0.2, -0.15) is 0 Å². The molecule has 1 aliphatic heterocycles. The fraction of sp³-hybridized carbons (Fsp3) is 0.370. The second kappa shape index (κ2) is 9.33. The molecule has 2 unspecified atom stereocenters. The lowest BCUT2D eigenvalue weighted by atomic mass is 9.78. The third kappa shape index (κ3) is 4.18. The lowest BCUT2D eigenvalue weighted by Gasteiger charge is -2.32. The molecule has 1 aromatic heterocycles. The lowest BCUT2D eigenvalue weighted by molar-refractivity contribution is -0.155. The van der Waals surface area contributed by atoms with E-state index in [1.165, 1.54) is 13.2 Å². The molecular formula is C27H27NO6. The summed E-state index contributed by atoms with van der Waals surface area (Å²) in [5, 5.41) is 0.679. The lowest BCUT2D eigenvalue weighted by Crippen LogP contribution is -2.42. The summed E-state index contributed by atoms with van der Waals surface area (Å²) >= 11 is 0. The summed E-state index contributed by atoms with van der Waals surface area (Å²) in [5.74, 6) is -0.698. The van der Waals surface area contributed by atoms with E-state index in [0.29, 0.717) is 41.7 Å². The zero-order valence-corrected chi connectivity index (χ0v) is 19.1. The van der Waals surface area contributed by atoms with Crippen LogP contribution in [0.4, 0.5) is 5.69 Å². The van der Waals surface area contributed by atoms with Crippen molar-refractivity contribution in [3.8, 4) is 5.75 Å². The van der Waals surface area contributed by atoms with Crippen molar-refractivity contribution in [3.63, 3.8) is 0 Å². The third-order valence-electron chi connectivity index (χ3n) is 6.95. The topological polar surface area (TPSA) is 86.0 Å². The molecule has 7 nitrogen and oxygen atoms in total.